The quantitative estimate of drug-likeness (QED) is 0.586. The van der Waals surface area contributed by atoms with Crippen LogP contribution in [0.25, 0.3) is 0 Å². The van der Waals surface area contributed by atoms with E-state index in [0.29, 0.717) is 12.5 Å². The average molecular weight is 250 g/mol. The van der Waals surface area contributed by atoms with Gasteiger partial charge in [0.1, 0.15) is 6.04 Å². The predicted octanol–water partition coefficient (Wildman–Crippen LogP) is 1.50. The first-order valence-electron chi connectivity index (χ1n) is 6.16. The number of anilines is 1. The molecular formula is C10H14N6O2. The van der Waals surface area contributed by atoms with Gasteiger partial charge in [-0.2, -0.15) is 5.10 Å². The second kappa shape index (κ2) is 4.04. The minimum atomic E-state index is -0.554. The largest absolute Gasteiger partial charge is 0.493 e. The smallest absolute Gasteiger partial charge is 0.390 e. The Kier molecular flexibility index (Phi) is 2.49. The highest BCUT2D eigenvalue weighted by Gasteiger charge is 2.37. The van der Waals surface area contributed by atoms with Crippen molar-refractivity contribution in [3.63, 3.8) is 0 Å². The second-order valence-corrected chi connectivity index (χ2v) is 4.48. The second-order valence-electron chi connectivity index (χ2n) is 4.48. The van der Waals surface area contributed by atoms with Crippen molar-refractivity contribution in [2.45, 2.75) is 38.6 Å². The lowest BCUT2D eigenvalue weighted by molar-refractivity contribution is -0.394. The van der Waals surface area contributed by atoms with Crippen LogP contribution in [-0.4, -0.2) is 31.9 Å². The van der Waals surface area contributed by atoms with Gasteiger partial charge in [0, 0.05) is 11.6 Å². The first kappa shape index (κ1) is 11.1. The number of rotatable bonds is 2. The van der Waals surface area contributed by atoms with E-state index in [1.807, 2.05) is 6.92 Å². The normalized spacial score (nSPS) is 22.2. The summed E-state index contributed by atoms with van der Waals surface area (Å²) in [5, 5.41) is 21.0. The van der Waals surface area contributed by atoms with Gasteiger partial charge in [0.2, 0.25) is 0 Å². The van der Waals surface area contributed by atoms with Crippen molar-refractivity contribution in [3.05, 3.63) is 10.1 Å². The molecule has 1 aliphatic carbocycles. The van der Waals surface area contributed by atoms with Crippen LogP contribution in [0.2, 0.25) is 0 Å². The number of hydrogen-bond acceptors (Lipinski definition) is 6. The van der Waals surface area contributed by atoms with E-state index < -0.39 is 4.92 Å². The van der Waals surface area contributed by atoms with Crippen LogP contribution in [0.15, 0.2) is 5.10 Å². The average Bonchev–Trinajstić information content (AvgIpc) is 2.83. The Morgan fingerprint density at radius 3 is 3.06 bits per heavy atom. The Morgan fingerprint density at radius 2 is 2.33 bits per heavy atom. The number of fused-ring (bicyclic) bond motifs is 3. The Bertz CT molecular complexity index is 522. The Labute approximate surface area is 103 Å². The molecule has 2 heterocycles. The molecule has 8 nitrogen and oxygen atoms in total. The van der Waals surface area contributed by atoms with Gasteiger partial charge in [-0.15, -0.1) is 4.68 Å². The van der Waals surface area contributed by atoms with Crippen LogP contribution in [0.5, 0.6) is 0 Å². The first-order chi connectivity index (χ1) is 8.70. The van der Waals surface area contributed by atoms with Gasteiger partial charge >= 0.3 is 11.9 Å². The molecule has 1 atom stereocenters. The number of nitro groups is 1. The maximum atomic E-state index is 10.8. The fourth-order valence-electron chi connectivity index (χ4n) is 2.54. The summed E-state index contributed by atoms with van der Waals surface area (Å²) in [4.78, 5) is 14.2. The van der Waals surface area contributed by atoms with E-state index in [-0.39, 0.29) is 12.0 Å². The maximum Gasteiger partial charge on any atom is 0.493 e. The Hall–Kier alpha value is -1.99. The minimum absolute atomic E-state index is 0.0535. The van der Waals surface area contributed by atoms with Crippen molar-refractivity contribution in [2.75, 3.05) is 11.6 Å². The van der Waals surface area contributed by atoms with Gasteiger partial charge in [0.25, 0.3) is 0 Å². The Morgan fingerprint density at radius 1 is 1.50 bits per heavy atom. The van der Waals surface area contributed by atoms with Gasteiger partial charge in [0.05, 0.1) is 5.71 Å². The fraction of sp³-hybridized carbons (Fsp3) is 0.700. The van der Waals surface area contributed by atoms with E-state index in [4.69, 9.17) is 0 Å². The van der Waals surface area contributed by atoms with Gasteiger partial charge in [0.15, 0.2) is 0 Å². The molecule has 96 valence electrons. The lowest BCUT2D eigenvalue weighted by Gasteiger charge is -2.29. The lowest BCUT2D eigenvalue weighted by atomic mass is 9.93. The molecule has 1 aromatic heterocycles. The van der Waals surface area contributed by atoms with Gasteiger partial charge in [-0.05, 0) is 36.1 Å². The van der Waals surface area contributed by atoms with E-state index in [0.717, 1.165) is 31.4 Å². The van der Waals surface area contributed by atoms with Crippen LogP contribution >= 0.6 is 0 Å². The van der Waals surface area contributed by atoms with Crippen LogP contribution in [0, 0.1) is 10.1 Å². The summed E-state index contributed by atoms with van der Waals surface area (Å²) in [5.74, 6) is 0.144. The number of nitrogens with zero attached hydrogens (tertiary/aromatic N) is 6. The van der Waals surface area contributed by atoms with Crippen molar-refractivity contribution < 1.29 is 4.92 Å². The predicted molar refractivity (Wildman–Crippen MR) is 64.6 cm³/mol. The van der Waals surface area contributed by atoms with Gasteiger partial charge in [-0.3, -0.25) is 0 Å². The molecule has 0 bridgehead atoms. The summed E-state index contributed by atoms with van der Waals surface area (Å²) in [6.07, 6.45) is 4.10. The summed E-state index contributed by atoms with van der Waals surface area (Å²) in [6, 6.07) is 0.0535. The van der Waals surface area contributed by atoms with Crippen LogP contribution in [0.1, 0.15) is 38.6 Å². The van der Waals surface area contributed by atoms with E-state index in [9.17, 15) is 10.1 Å². The molecule has 0 unspecified atom stereocenters. The molecule has 1 saturated carbocycles. The summed E-state index contributed by atoms with van der Waals surface area (Å²) < 4.78 is 1.67. The Balaban J connectivity index is 2.07. The minimum Gasteiger partial charge on any atom is -0.390 e. The topological polar surface area (TPSA) is 89.5 Å². The molecule has 0 saturated heterocycles. The monoisotopic (exact) mass is 250 g/mol. The highest BCUT2D eigenvalue weighted by Crippen LogP contribution is 2.34. The molecule has 3 rings (SSSR count). The summed E-state index contributed by atoms with van der Waals surface area (Å²) >= 11 is 0. The van der Waals surface area contributed by atoms with Crippen molar-refractivity contribution in [1.82, 2.24) is 14.8 Å². The summed E-state index contributed by atoms with van der Waals surface area (Å²) in [6.45, 7) is 2.57. The number of hydrogen-bond donors (Lipinski definition) is 0. The molecule has 1 aromatic rings. The maximum absolute atomic E-state index is 10.8. The first-order valence-corrected chi connectivity index (χ1v) is 6.16. The van der Waals surface area contributed by atoms with E-state index >= 15 is 0 Å². The molecule has 0 radical (unpaired) electrons. The van der Waals surface area contributed by atoms with Crippen molar-refractivity contribution in [1.29, 1.82) is 0 Å². The van der Waals surface area contributed by atoms with Crippen molar-refractivity contribution in [2.24, 2.45) is 5.10 Å². The van der Waals surface area contributed by atoms with Crippen molar-refractivity contribution >= 4 is 17.6 Å². The highest BCUT2D eigenvalue weighted by atomic mass is 16.6. The van der Waals surface area contributed by atoms with Crippen LogP contribution in [-0.2, 0) is 0 Å². The van der Waals surface area contributed by atoms with Gasteiger partial charge in [-0.1, -0.05) is 6.42 Å². The molecule has 8 heteroatoms. The van der Waals surface area contributed by atoms with Gasteiger partial charge < -0.3 is 10.1 Å². The standard InChI is InChI=1S/C10H14N6O2/c1-2-14-10-11-9(16(17)18)13-15(10)8-6-4-3-5-7(8)12-14/h8H,2-6H2,1H3/t8-/m1/s1. The molecule has 1 aliphatic heterocycles. The van der Waals surface area contributed by atoms with Crippen molar-refractivity contribution in [3.8, 4) is 0 Å². The third kappa shape index (κ3) is 1.56. The summed E-state index contributed by atoms with van der Waals surface area (Å²) in [7, 11) is 0. The van der Waals surface area contributed by atoms with E-state index in [1.54, 1.807) is 9.69 Å². The zero-order chi connectivity index (χ0) is 12.7. The third-order valence-electron chi connectivity index (χ3n) is 3.39. The molecule has 0 N–H and O–H groups in total. The number of aromatic nitrogens is 3. The highest BCUT2D eigenvalue weighted by molar-refractivity contribution is 5.90. The fourth-order valence-corrected chi connectivity index (χ4v) is 2.54. The van der Waals surface area contributed by atoms with Crippen LogP contribution in [0.4, 0.5) is 11.9 Å². The van der Waals surface area contributed by atoms with Crippen LogP contribution < -0.4 is 5.01 Å². The molecule has 1 fully saturated rings. The molecule has 0 spiro atoms. The third-order valence-corrected chi connectivity index (χ3v) is 3.39. The molecule has 0 amide bonds. The molecular weight excluding hydrogens is 236 g/mol. The SMILES string of the molecule is CCN1N=C2CCCC[C@H]2n2nc([N+](=O)[O-])nc21. The molecule has 2 aliphatic rings. The zero-order valence-corrected chi connectivity index (χ0v) is 10.1. The van der Waals surface area contributed by atoms with E-state index in [2.05, 4.69) is 15.2 Å². The lowest BCUT2D eigenvalue weighted by Crippen LogP contribution is -2.35. The molecule has 0 aromatic carbocycles. The van der Waals surface area contributed by atoms with E-state index in [1.165, 1.54) is 0 Å². The number of hydrazone groups is 1. The van der Waals surface area contributed by atoms with Crippen LogP contribution in [0.3, 0.4) is 0 Å². The van der Waals surface area contributed by atoms with Gasteiger partial charge in [-0.25, -0.2) is 5.01 Å². The molecule has 18 heavy (non-hydrogen) atoms. The zero-order valence-electron chi connectivity index (χ0n) is 10.1. The summed E-state index contributed by atoms with van der Waals surface area (Å²) in [5.41, 5.74) is 1.07.